The monoisotopic (exact) mass is 331 g/mol. The molecule has 0 aromatic heterocycles. The van der Waals surface area contributed by atoms with Crippen molar-refractivity contribution < 1.29 is 24.3 Å². The zero-order valence-electron chi connectivity index (χ0n) is 13.1. The minimum Gasteiger partial charge on any atom is -0.480 e. The predicted molar refractivity (Wildman–Crippen MR) is 81.9 cm³/mol. The third-order valence-electron chi connectivity index (χ3n) is 3.01. The quantitative estimate of drug-likeness (QED) is 0.223. The van der Waals surface area contributed by atoms with E-state index >= 15 is 0 Å². The number of nitrogens with two attached hydrogens (primary N) is 3. The Hall–Kier alpha value is -2.20. The van der Waals surface area contributed by atoms with Crippen LogP contribution in [0.2, 0.25) is 0 Å². The van der Waals surface area contributed by atoms with E-state index in [9.17, 15) is 19.2 Å². The molecule has 0 fully saturated rings. The van der Waals surface area contributed by atoms with Gasteiger partial charge in [0, 0.05) is 0 Å². The molecule has 3 atom stereocenters. The minimum atomic E-state index is -1.45. The summed E-state index contributed by atoms with van der Waals surface area (Å²) in [6.07, 6.45) is 0.922. The molecule has 3 amide bonds. The summed E-state index contributed by atoms with van der Waals surface area (Å²) in [5.74, 6) is -3.52. The number of nitrogens with one attached hydrogen (secondary N) is 2. The number of carbonyl (C=O) groups is 4. The fraction of sp³-hybridized carbons (Fsp3) is 0.692. The van der Waals surface area contributed by atoms with E-state index in [4.69, 9.17) is 22.3 Å². The molecule has 0 aliphatic rings. The van der Waals surface area contributed by atoms with Crippen LogP contribution in [0.1, 0.15) is 32.6 Å². The molecular formula is C13H25N5O5. The highest BCUT2D eigenvalue weighted by molar-refractivity contribution is 5.93. The number of aliphatic carboxylic acids is 1. The van der Waals surface area contributed by atoms with E-state index in [1.165, 1.54) is 6.92 Å². The molecule has 0 bridgehead atoms. The van der Waals surface area contributed by atoms with E-state index in [-0.39, 0.29) is 6.42 Å². The van der Waals surface area contributed by atoms with Crippen LogP contribution in [0.5, 0.6) is 0 Å². The number of unbranched alkanes of at least 4 members (excludes halogenated alkanes) is 1. The Morgan fingerprint density at radius 1 is 1.04 bits per heavy atom. The normalized spacial score (nSPS) is 14.4. The van der Waals surface area contributed by atoms with Crippen LogP contribution >= 0.6 is 0 Å². The molecule has 0 saturated carbocycles. The maximum Gasteiger partial charge on any atom is 0.326 e. The molecule has 0 aliphatic heterocycles. The maximum absolute atomic E-state index is 12.2. The van der Waals surface area contributed by atoms with Crippen molar-refractivity contribution in [2.45, 2.75) is 50.7 Å². The fourth-order valence-corrected chi connectivity index (χ4v) is 1.74. The van der Waals surface area contributed by atoms with Gasteiger partial charge >= 0.3 is 5.97 Å². The van der Waals surface area contributed by atoms with Gasteiger partial charge in [-0.15, -0.1) is 0 Å². The topological polar surface area (TPSA) is 191 Å². The van der Waals surface area contributed by atoms with E-state index in [1.54, 1.807) is 0 Å². The summed E-state index contributed by atoms with van der Waals surface area (Å²) in [5.41, 5.74) is 15.8. The Kier molecular flexibility index (Phi) is 9.51. The predicted octanol–water partition coefficient (Wildman–Crippen LogP) is -2.61. The number of carbonyl (C=O) groups excluding carboxylic acids is 3. The first kappa shape index (κ1) is 20.8. The van der Waals surface area contributed by atoms with Crippen LogP contribution in [-0.2, 0) is 19.2 Å². The number of amides is 3. The van der Waals surface area contributed by atoms with E-state index in [2.05, 4.69) is 10.6 Å². The molecule has 0 rings (SSSR count). The van der Waals surface area contributed by atoms with E-state index in [1.807, 2.05) is 0 Å². The number of rotatable bonds is 11. The molecule has 3 unspecified atom stereocenters. The summed E-state index contributed by atoms with van der Waals surface area (Å²) in [6, 6.07) is -3.24. The average molecular weight is 331 g/mol. The highest BCUT2D eigenvalue weighted by Gasteiger charge is 2.27. The number of hydrogen-bond donors (Lipinski definition) is 6. The first-order valence-corrected chi connectivity index (χ1v) is 7.26. The molecule has 0 aromatic carbocycles. The van der Waals surface area contributed by atoms with Crippen LogP contribution in [0, 0.1) is 0 Å². The first-order valence-electron chi connectivity index (χ1n) is 7.26. The van der Waals surface area contributed by atoms with Gasteiger partial charge in [0.25, 0.3) is 0 Å². The fourth-order valence-electron chi connectivity index (χ4n) is 1.74. The SMILES string of the molecule is CC(N)C(=O)NC(CCCCN)C(=O)NC(CC(N)=O)C(=O)O. The lowest BCUT2D eigenvalue weighted by Gasteiger charge is -2.21. The lowest BCUT2D eigenvalue weighted by molar-refractivity contribution is -0.143. The second-order valence-corrected chi connectivity index (χ2v) is 5.20. The Morgan fingerprint density at radius 3 is 2.04 bits per heavy atom. The van der Waals surface area contributed by atoms with Crippen molar-refractivity contribution in [2.24, 2.45) is 17.2 Å². The van der Waals surface area contributed by atoms with Gasteiger partial charge in [0.05, 0.1) is 12.5 Å². The zero-order valence-corrected chi connectivity index (χ0v) is 13.1. The molecule has 132 valence electrons. The van der Waals surface area contributed by atoms with Crippen molar-refractivity contribution in [1.29, 1.82) is 0 Å². The minimum absolute atomic E-state index is 0.268. The Morgan fingerprint density at radius 2 is 1.61 bits per heavy atom. The van der Waals surface area contributed by atoms with Gasteiger partial charge in [0.1, 0.15) is 12.1 Å². The summed E-state index contributed by atoms with van der Waals surface area (Å²) in [7, 11) is 0. The van der Waals surface area contributed by atoms with Gasteiger partial charge in [-0.1, -0.05) is 0 Å². The smallest absolute Gasteiger partial charge is 0.326 e. The van der Waals surface area contributed by atoms with E-state index < -0.39 is 48.2 Å². The summed E-state index contributed by atoms with van der Waals surface area (Å²) >= 11 is 0. The number of hydrogen-bond acceptors (Lipinski definition) is 6. The molecule has 23 heavy (non-hydrogen) atoms. The molecule has 0 heterocycles. The van der Waals surface area contributed by atoms with Gasteiger partial charge < -0.3 is 32.9 Å². The molecule has 0 radical (unpaired) electrons. The summed E-state index contributed by atoms with van der Waals surface area (Å²) in [5, 5.41) is 13.6. The summed E-state index contributed by atoms with van der Waals surface area (Å²) in [4.78, 5) is 45.7. The Labute approximate surface area is 134 Å². The van der Waals surface area contributed by atoms with Crippen molar-refractivity contribution in [3.05, 3.63) is 0 Å². The molecule has 0 aromatic rings. The van der Waals surface area contributed by atoms with Gasteiger partial charge in [-0.2, -0.15) is 0 Å². The molecule has 0 aliphatic carbocycles. The van der Waals surface area contributed by atoms with Crippen molar-refractivity contribution in [3.63, 3.8) is 0 Å². The lowest BCUT2D eigenvalue weighted by Crippen LogP contribution is -2.54. The van der Waals surface area contributed by atoms with E-state index in [0.29, 0.717) is 19.4 Å². The van der Waals surface area contributed by atoms with Crippen LogP contribution in [0.4, 0.5) is 0 Å². The zero-order chi connectivity index (χ0) is 18.0. The number of carboxylic acid groups (broad SMARTS) is 1. The van der Waals surface area contributed by atoms with Crippen LogP contribution in [-0.4, -0.2) is 53.5 Å². The van der Waals surface area contributed by atoms with Crippen LogP contribution in [0.25, 0.3) is 0 Å². The molecule has 10 nitrogen and oxygen atoms in total. The summed E-state index contributed by atoms with van der Waals surface area (Å²) in [6.45, 7) is 1.88. The molecule has 10 heteroatoms. The molecular weight excluding hydrogens is 306 g/mol. The van der Waals surface area contributed by atoms with Gasteiger partial charge in [-0.25, -0.2) is 4.79 Å². The third-order valence-corrected chi connectivity index (χ3v) is 3.01. The van der Waals surface area contributed by atoms with Crippen LogP contribution < -0.4 is 27.8 Å². The second kappa shape index (κ2) is 10.5. The van der Waals surface area contributed by atoms with Crippen molar-refractivity contribution >= 4 is 23.7 Å². The molecule has 0 saturated heterocycles. The van der Waals surface area contributed by atoms with Crippen LogP contribution in [0.3, 0.4) is 0 Å². The van der Waals surface area contributed by atoms with Gasteiger partial charge in [0.2, 0.25) is 17.7 Å². The number of carboxylic acids is 1. The average Bonchev–Trinajstić information content (AvgIpc) is 2.44. The Bertz CT molecular complexity index is 440. The highest BCUT2D eigenvalue weighted by atomic mass is 16.4. The second-order valence-electron chi connectivity index (χ2n) is 5.20. The third kappa shape index (κ3) is 8.73. The summed E-state index contributed by atoms with van der Waals surface area (Å²) < 4.78 is 0. The maximum atomic E-state index is 12.2. The van der Waals surface area contributed by atoms with Gasteiger partial charge in [-0.05, 0) is 32.7 Å². The lowest BCUT2D eigenvalue weighted by atomic mass is 10.1. The molecule has 0 spiro atoms. The van der Waals surface area contributed by atoms with Gasteiger partial charge in [-0.3, -0.25) is 14.4 Å². The van der Waals surface area contributed by atoms with Crippen molar-refractivity contribution in [3.8, 4) is 0 Å². The highest BCUT2D eigenvalue weighted by Crippen LogP contribution is 2.03. The van der Waals surface area contributed by atoms with E-state index in [0.717, 1.165) is 0 Å². The standard InChI is InChI=1S/C13H25N5O5/c1-7(15)11(20)17-8(4-2-3-5-14)12(21)18-9(13(22)23)6-10(16)19/h7-9H,2-6,14-15H2,1H3,(H2,16,19)(H,17,20)(H,18,21)(H,22,23). The van der Waals surface area contributed by atoms with Crippen molar-refractivity contribution in [1.82, 2.24) is 10.6 Å². The van der Waals surface area contributed by atoms with Gasteiger partial charge in [0.15, 0.2) is 0 Å². The molecule has 9 N–H and O–H groups in total. The largest absolute Gasteiger partial charge is 0.480 e. The number of primary amides is 1. The first-order chi connectivity index (χ1) is 10.7. The Balaban J connectivity index is 4.89. The van der Waals surface area contributed by atoms with Crippen molar-refractivity contribution in [2.75, 3.05) is 6.54 Å². The van der Waals surface area contributed by atoms with Crippen LogP contribution in [0.15, 0.2) is 0 Å².